The number of hydrogen-bond donors (Lipinski definition) is 2. The van der Waals surface area contributed by atoms with Crippen LogP contribution in [0, 0.1) is 0 Å². The summed E-state index contributed by atoms with van der Waals surface area (Å²) in [5.41, 5.74) is 12.9. The standard InChI is InChI=1S/C32H39N9/c1-3-40(4-2)27-18-20-39(22-27)19-8-9-23-14-16-26(17-15-23)34-32-35-31(33)41(38-32)29-21-25-12-7-11-24-10-5-6-13-28(24)30(25)37-36-29/h5-6,8-10,13-17,21,27H,3-4,7,11-12,18-20,22H2,1-2H3,(H3,33,34,35,38). The first-order valence-corrected chi connectivity index (χ1v) is 14.8. The SMILES string of the molecule is CCN(CC)C1CCN(CC=Cc2ccc(Nc3nc(N)n(-c4cc5c(nn4)-c4ccccc4CCC5)n3)cc2)C1. The second kappa shape index (κ2) is 12.2. The van der Waals surface area contributed by atoms with E-state index in [1.165, 1.54) is 18.5 Å². The molecule has 2 aromatic carbocycles. The van der Waals surface area contributed by atoms with E-state index in [1.807, 2.05) is 18.2 Å². The monoisotopic (exact) mass is 549 g/mol. The topological polar surface area (TPSA) is 101 Å². The molecule has 1 saturated heterocycles. The Hall–Kier alpha value is -4.08. The molecule has 0 saturated carbocycles. The lowest BCUT2D eigenvalue weighted by atomic mass is 10.0. The quantitative estimate of drug-likeness (QED) is 0.302. The van der Waals surface area contributed by atoms with E-state index in [4.69, 9.17) is 5.73 Å². The fourth-order valence-electron chi connectivity index (χ4n) is 6.08. The van der Waals surface area contributed by atoms with Gasteiger partial charge >= 0.3 is 0 Å². The average Bonchev–Trinajstić information content (AvgIpc) is 3.56. The van der Waals surface area contributed by atoms with E-state index in [2.05, 4.69) is 97.8 Å². The van der Waals surface area contributed by atoms with Crippen molar-refractivity contribution >= 4 is 23.7 Å². The van der Waals surface area contributed by atoms with Gasteiger partial charge in [0.2, 0.25) is 11.9 Å². The lowest BCUT2D eigenvalue weighted by molar-refractivity contribution is 0.215. The minimum Gasteiger partial charge on any atom is -0.368 e. The Labute approximate surface area is 242 Å². The predicted molar refractivity (Wildman–Crippen MR) is 165 cm³/mol. The molecule has 9 nitrogen and oxygen atoms in total. The Morgan fingerprint density at radius 3 is 2.66 bits per heavy atom. The van der Waals surface area contributed by atoms with Crippen LogP contribution >= 0.6 is 0 Å². The van der Waals surface area contributed by atoms with Crippen LogP contribution in [0.5, 0.6) is 0 Å². The molecule has 2 aromatic heterocycles. The molecule has 1 unspecified atom stereocenters. The average molecular weight is 550 g/mol. The number of nitrogens with zero attached hydrogens (tertiary/aromatic N) is 7. The molecule has 4 aromatic rings. The molecule has 0 spiro atoms. The normalized spacial score (nSPS) is 17.1. The summed E-state index contributed by atoms with van der Waals surface area (Å²) in [5.74, 6) is 1.26. The van der Waals surface area contributed by atoms with E-state index in [0.29, 0.717) is 17.8 Å². The highest BCUT2D eigenvalue weighted by molar-refractivity contribution is 5.68. The number of nitrogens with one attached hydrogen (secondary N) is 1. The van der Waals surface area contributed by atoms with Crippen molar-refractivity contribution in [2.75, 3.05) is 43.8 Å². The Morgan fingerprint density at radius 2 is 1.83 bits per heavy atom. The number of nitrogen functional groups attached to an aromatic ring is 1. The van der Waals surface area contributed by atoms with Crippen LogP contribution in [0.3, 0.4) is 0 Å². The Balaban J connectivity index is 1.09. The number of anilines is 3. The highest BCUT2D eigenvalue weighted by Crippen LogP contribution is 2.31. The summed E-state index contributed by atoms with van der Waals surface area (Å²) in [5, 5.41) is 16.9. The fraction of sp³-hybridized carbons (Fsp3) is 0.375. The van der Waals surface area contributed by atoms with E-state index in [0.717, 1.165) is 73.5 Å². The molecule has 2 aliphatic rings. The molecule has 9 heteroatoms. The van der Waals surface area contributed by atoms with Gasteiger partial charge < -0.3 is 11.1 Å². The molecule has 1 atom stereocenters. The van der Waals surface area contributed by atoms with Gasteiger partial charge in [-0.3, -0.25) is 9.80 Å². The minimum atomic E-state index is 0.264. The van der Waals surface area contributed by atoms with Gasteiger partial charge in [0.15, 0.2) is 5.82 Å². The van der Waals surface area contributed by atoms with Crippen molar-refractivity contribution in [2.45, 2.75) is 45.6 Å². The third-order valence-electron chi connectivity index (χ3n) is 8.29. The molecule has 0 bridgehead atoms. The predicted octanol–water partition coefficient (Wildman–Crippen LogP) is 4.97. The van der Waals surface area contributed by atoms with E-state index in [1.54, 1.807) is 4.68 Å². The third kappa shape index (κ3) is 6.01. The third-order valence-corrected chi connectivity index (χ3v) is 8.29. The van der Waals surface area contributed by atoms with Crippen LogP contribution in [0.2, 0.25) is 0 Å². The van der Waals surface area contributed by atoms with Crippen LogP contribution in [0.15, 0.2) is 60.7 Å². The zero-order valence-electron chi connectivity index (χ0n) is 24.0. The van der Waals surface area contributed by atoms with Crippen LogP contribution in [-0.4, -0.2) is 73.5 Å². The molecular formula is C32H39N9. The van der Waals surface area contributed by atoms with Gasteiger partial charge in [-0.2, -0.15) is 9.67 Å². The van der Waals surface area contributed by atoms with Crippen molar-refractivity contribution in [1.82, 2.24) is 34.8 Å². The van der Waals surface area contributed by atoms with Crippen molar-refractivity contribution < 1.29 is 0 Å². The van der Waals surface area contributed by atoms with Gasteiger partial charge in [-0.1, -0.05) is 62.4 Å². The maximum atomic E-state index is 6.25. The number of rotatable bonds is 9. The molecule has 41 heavy (non-hydrogen) atoms. The summed E-state index contributed by atoms with van der Waals surface area (Å²) in [6.07, 6.45) is 8.74. The smallest absolute Gasteiger partial charge is 0.248 e. The number of hydrogen-bond acceptors (Lipinski definition) is 8. The van der Waals surface area contributed by atoms with Crippen molar-refractivity contribution in [3.8, 4) is 17.1 Å². The molecule has 0 radical (unpaired) electrons. The van der Waals surface area contributed by atoms with E-state index < -0.39 is 0 Å². The maximum Gasteiger partial charge on any atom is 0.248 e. The van der Waals surface area contributed by atoms with Gasteiger partial charge in [0.05, 0.1) is 5.69 Å². The summed E-state index contributed by atoms with van der Waals surface area (Å²) in [4.78, 5) is 9.53. The van der Waals surface area contributed by atoms with Crippen LogP contribution in [-0.2, 0) is 12.8 Å². The number of aromatic nitrogens is 5. The van der Waals surface area contributed by atoms with Crippen LogP contribution in [0.4, 0.5) is 17.6 Å². The minimum absolute atomic E-state index is 0.264. The van der Waals surface area contributed by atoms with E-state index in [9.17, 15) is 0 Å². The van der Waals surface area contributed by atoms with Crippen LogP contribution < -0.4 is 11.1 Å². The number of fused-ring (bicyclic) bond motifs is 3. The highest BCUT2D eigenvalue weighted by Gasteiger charge is 2.25. The molecular weight excluding hydrogens is 510 g/mol. The molecule has 1 fully saturated rings. The second-order valence-electron chi connectivity index (χ2n) is 10.9. The van der Waals surface area contributed by atoms with Crippen molar-refractivity contribution in [3.05, 3.63) is 77.4 Å². The van der Waals surface area contributed by atoms with Crippen molar-refractivity contribution in [2.24, 2.45) is 0 Å². The summed E-state index contributed by atoms with van der Waals surface area (Å²) >= 11 is 0. The van der Waals surface area contributed by atoms with Gasteiger partial charge in [-0.15, -0.1) is 15.3 Å². The zero-order valence-corrected chi connectivity index (χ0v) is 24.0. The molecule has 212 valence electrons. The molecule has 3 heterocycles. The molecule has 1 aliphatic carbocycles. The Morgan fingerprint density at radius 1 is 1.02 bits per heavy atom. The van der Waals surface area contributed by atoms with Gasteiger partial charge in [0.25, 0.3) is 0 Å². The van der Waals surface area contributed by atoms with Crippen LogP contribution in [0.1, 0.15) is 43.4 Å². The van der Waals surface area contributed by atoms with Gasteiger partial charge in [-0.05, 0) is 73.7 Å². The zero-order chi connectivity index (χ0) is 28.2. The van der Waals surface area contributed by atoms with E-state index in [-0.39, 0.29) is 5.95 Å². The first-order valence-electron chi connectivity index (χ1n) is 14.8. The Kier molecular flexibility index (Phi) is 8.07. The molecule has 6 rings (SSSR count). The summed E-state index contributed by atoms with van der Waals surface area (Å²) < 4.78 is 1.55. The first kappa shape index (κ1) is 27.1. The lowest BCUT2D eigenvalue weighted by Gasteiger charge is -2.25. The summed E-state index contributed by atoms with van der Waals surface area (Å²) in [7, 11) is 0. The Bertz CT molecular complexity index is 1500. The first-order chi connectivity index (χ1) is 20.1. The van der Waals surface area contributed by atoms with Gasteiger partial charge in [-0.25, -0.2) is 0 Å². The lowest BCUT2D eigenvalue weighted by Crippen LogP contribution is -2.37. The summed E-state index contributed by atoms with van der Waals surface area (Å²) in [6.45, 7) is 10.1. The van der Waals surface area contributed by atoms with Gasteiger partial charge in [0, 0.05) is 36.9 Å². The number of aryl methyl sites for hydroxylation is 2. The second-order valence-corrected chi connectivity index (χ2v) is 10.9. The van der Waals surface area contributed by atoms with Crippen molar-refractivity contribution in [3.63, 3.8) is 0 Å². The molecule has 0 amide bonds. The number of likely N-dealkylation sites (tertiary alicyclic amines) is 1. The highest BCUT2D eigenvalue weighted by atomic mass is 15.4. The largest absolute Gasteiger partial charge is 0.368 e. The number of nitrogens with two attached hydrogens (primary N) is 1. The maximum absolute atomic E-state index is 6.25. The van der Waals surface area contributed by atoms with E-state index >= 15 is 0 Å². The van der Waals surface area contributed by atoms with Gasteiger partial charge in [0.1, 0.15) is 0 Å². The fourth-order valence-corrected chi connectivity index (χ4v) is 6.08. The van der Waals surface area contributed by atoms with Crippen LogP contribution in [0.25, 0.3) is 23.2 Å². The van der Waals surface area contributed by atoms with Crippen molar-refractivity contribution in [1.29, 1.82) is 0 Å². The summed E-state index contributed by atoms with van der Waals surface area (Å²) in [6, 6.07) is 19.4. The number of likely N-dealkylation sites (N-methyl/N-ethyl adjacent to an activating group) is 1. The number of benzene rings is 2. The molecule has 1 aliphatic heterocycles. The molecule has 3 N–H and O–H groups in total.